The molecule has 1 fully saturated rings. The molecule has 23 heavy (non-hydrogen) atoms. The highest BCUT2D eigenvalue weighted by Crippen LogP contribution is 2.24. The lowest BCUT2D eigenvalue weighted by molar-refractivity contribution is -0.124. The summed E-state index contributed by atoms with van der Waals surface area (Å²) in [4.78, 5) is 26.8. The molecule has 0 aliphatic carbocycles. The lowest BCUT2D eigenvalue weighted by atomic mass is 9.95. The van der Waals surface area contributed by atoms with E-state index in [0.717, 1.165) is 30.4 Å². The summed E-state index contributed by atoms with van der Waals surface area (Å²) in [6.45, 7) is 2.52. The summed E-state index contributed by atoms with van der Waals surface area (Å²) >= 11 is 0. The third-order valence-corrected chi connectivity index (χ3v) is 4.45. The number of ketones is 1. The van der Waals surface area contributed by atoms with Gasteiger partial charge in [0.25, 0.3) is 5.91 Å². The molecule has 0 unspecified atom stereocenters. The highest BCUT2D eigenvalue weighted by atomic mass is 16.3. The maximum atomic E-state index is 12.9. The molecular weight excluding hydrogens is 290 g/mol. The minimum absolute atomic E-state index is 0.0538. The zero-order chi connectivity index (χ0) is 16.2. The molecule has 1 aromatic carbocycles. The fourth-order valence-corrected chi connectivity index (χ4v) is 3.17. The van der Waals surface area contributed by atoms with Gasteiger partial charge < -0.3 is 9.32 Å². The number of Topliss-reactive ketones (excluding diaryl/α,β-unsaturated/α-hetero) is 1. The van der Waals surface area contributed by atoms with Crippen molar-refractivity contribution >= 4 is 11.7 Å². The van der Waals surface area contributed by atoms with Gasteiger partial charge in [0.1, 0.15) is 0 Å². The highest BCUT2D eigenvalue weighted by Gasteiger charge is 2.31. The van der Waals surface area contributed by atoms with E-state index in [1.807, 2.05) is 37.3 Å². The Kier molecular flexibility index (Phi) is 4.60. The van der Waals surface area contributed by atoms with Crippen molar-refractivity contribution in [2.24, 2.45) is 0 Å². The molecule has 0 saturated carbocycles. The summed E-state index contributed by atoms with van der Waals surface area (Å²) in [5.74, 6) is 0.103. The molecule has 3 rings (SSSR count). The predicted octanol–water partition coefficient (Wildman–Crippen LogP) is 3.92. The second-order valence-electron chi connectivity index (χ2n) is 5.92. The molecule has 1 aliphatic rings. The summed E-state index contributed by atoms with van der Waals surface area (Å²) < 4.78 is 5.11. The van der Waals surface area contributed by atoms with Gasteiger partial charge in [0.15, 0.2) is 5.78 Å². The third kappa shape index (κ3) is 3.21. The van der Waals surface area contributed by atoms with Gasteiger partial charge >= 0.3 is 0 Å². The largest absolute Gasteiger partial charge is 0.472 e. The standard InChI is InChI=1S/C19H21NO3/c1-2-18(21)17-8-3-4-10-20(17)19(22)15-7-5-6-14(12-15)16-9-11-23-13-16/h5-7,9,11-13,17H,2-4,8,10H2,1H3/t17-/m0/s1. The van der Waals surface area contributed by atoms with E-state index in [1.165, 1.54) is 0 Å². The fraction of sp³-hybridized carbons (Fsp3) is 0.368. The molecule has 0 N–H and O–H groups in total. The lowest BCUT2D eigenvalue weighted by Crippen LogP contribution is -2.47. The maximum Gasteiger partial charge on any atom is 0.254 e. The molecule has 0 bridgehead atoms. The zero-order valence-corrected chi connectivity index (χ0v) is 13.3. The van der Waals surface area contributed by atoms with Gasteiger partial charge in [0, 0.05) is 24.1 Å². The van der Waals surface area contributed by atoms with Crippen LogP contribution in [0, 0.1) is 0 Å². The van der Waals surface area contributed by atoms with Crippen LogP contribution < -0.4 is 0 Å². The van der Waals surface area contributed by atoms with Crippen molar-refractivity contribution < 1.29 is 14.0 Å². The van der Waals surface area contributed by atoms with Crippen LogP contribution in [-0.4, -0.2) is 29.2 Å². The quantitative estimate of drug-likeness (QED) is 0.860. The number of likely N-dealkylation sites (tertiary alicyclic amines) is 1. The van der Waals surface area contributed by atoms with E-state index < -0.39 is 0 Å². The van der Waals surface area contributed by atoms with E-state index in [1.54, 1.807) is 17.4 Å². The minimum Gasteiger partial charge on any atom is -0.472 e. The molecule has 1 atom stereocenters. The van der Waals surface area contributed by atoms with Crippen LogP contribution in [0.25, 0.3) is 11.1 Å². The van der Waals surface area contributed by atoms with Gasteiger partial charge in [0.2, 0.25) is 0 Å². The van der Waals surface area contributed by atoms with Crippen LogP contribution in [0.2, 0.25) is 0 Å². The Balaban J connectivity index is 1.87. The van der Waals surface area contributed by atoms with Crippen LogP contribution in [0.4, 0.5) is 0 Å². The Bertz CT molecular complexity index is 690. The molecule has 120 valence electrons. The summed E-state index contributed by atoms with van der Waals surface area (Å²) in [6.07, 6.45) is 6.50. The number of benzene rings is 1. The number of furan rings is 1. The number of hydrogen-bond donors (Lipinski definition) is 0. The Labute approximate surface area is 136 Å². The summed E-state index contributed by atoms with van der Waals surface area (Å²) in [6, 6.07) is 9.11. The first-order chi connectivity index (χ1) is 11.2. The van der Waals surface area contributed by atoms with Crippen LogP contribution >= 0.6 is 0 Å². The normalized spacial score (nSPS) is 18.0. The molecule has 4 nitrogen and oxygen atoms in total. The second kappa shape index (κ2) is 6.82. The molecule has 0 spiro atoms. The van der Waals surface area contributed by atoms with E-state index >= 15 is 0 Å². The summed E-state index contributed by atoms with van der Waals surface area (Å²) in [5.41, 5.74) is 2.51. The first-order valence-corrected chi connectivity index (χ1v) is 8.17. The van der Waals surface area contributed by atoms with E-state index in [2.05, 4.69) is 0 Å². The van der Waals surface area contributed by atoms with E-state index in [-0.39, 0.29) is 17.7 Å². The molecule has 1 aromatic heterocycles. The number of hydrogen-bond acceptors (Lipinski definition) is 3. The SMILES string of the molecule is CCC(=O)[C@@H]1CCCCN1C(=O)c1cccc(-c2ccoc2)c1. The van der Waals surface area contributed by atoms with Crippen LogP contribution in [0.1, 0.15) is 43.0 Å². The van der Waals surface area contributed by atoms with E-state index in [4.69, 9.17) is 4.42 Å². The first-order valence-electron chi connectivity index (χ1n) is 8.17. The number of nitrogens with zero attached hydrogens (tertiary/aromatic N) is 1. The average Bonchev–Trinajstić information content (AvgIpc) is 3.15. The molecule has 1 saturated heterocycles. The van der Waals surface area contributed by atoms with E-state index in [0.29, 0.717) is 18.5 Å². The van der Waals surface area contributed by atoms with E-state index in [9.17, 15) is 9.59 Å². The van der Waals surface area contributed by atoms with Gasteiger partial charge in [0.05, 0.1) is 18.6 Å². The number of amides is 1. The van der Waals surface area contributed by atoms with Gasteiger partial charge in [-0.3, -0.25) is 9.59 Å². The molecule has 1 amide bonds. The van der Waals surface area contributed by atoms with Crippen molar-refractivity contribution in [3.8, 4) is 11.1 Å². The monoisotopic (exact) mass is 311 g/mol. The predicted molar refractivity (Wildman–Crippen MR) is 88.1 cm³/mol. The average molecular weight is 311 g/mol. The Morgan fingerprint density at radius 1 is 1.22 bits per heavy atom. The fourth-order valence-electron chi connectivity index (χ4n) is 3.17. The molecule has 2 aromatic rings. The van der Waals surface area contributed by atoms with Gasteiger partial charge in [-0.25, -0.2) is 0 Å². The van der Waals surface area contributed by atoms with Crippen molar-refractivity contribution in [1.29, 1.82) is 0 Å². The number of carbonyl (C=O) groups excluding carboxylic acids is 2. The Morgan fingerprint density at radius 2 is 2.09 bits per heavy atom. The molecule has 0 radical (unpaired) electrons. The van der Waals surface area contributed by atoms with Crippen LogP contribution in [0.15, 0.2) is 47.3 Å². The number of rotatable bonds is 4. The van der Waals surface area contributed by atoms with Crippen LogP contribution in [0.5, 0.6) is 0 Å². The van der Waals surface area contributed by atoms with Crippen molar-refractivity contribution in [2.75, 3.05) is 6.54 Å². The Morgan fingerprint density at radius 3 is 2.83 bits per heavy atom. The topological polar surface area (TPSA) is 50.5 Å². The van der Waals surface area contributed by atoms with Crippen molar-refractivity contribution in [2.45, 2.75) is 38.6 Å². The second-order valence-corrected chi connectivity index (χ2v) is 5.92. The van der Waals surface area contributed by atoms with Crippen molar-refractivity contribution in [1.82, 2.24) is 4.90 Å². The van der Waals surface area contributed by atoms with Crippen LogP contribution in [-0.2, 0) is 4.79 Å². The van der Waals surface area contributed by atoms with Gasteiger partial charge in [-0.15, -0.1) is 0 Å². The minimum atomic E-state index is -0.265. The number of carbonyl (C=O) groups is 2. The Hall–Kier alpha value is -2.36. The highest BCUT2D eigenvalue weighted by molar-refractivity contribution is 5.99. The summed E-state index contributed by atoms with van der Waals surface area (Å²) in [5, 5.41) is 0. The molecule has 1 aliphatic heterocycles. The summed E-state index contributed by atoms with van der Waals surface area (Å²) in [7, 11) is 0. The van der Waals surface area contributed by atoms with Gasteiger partial charge in [-0.2, -0.15) is 0 Å². The molecule has 4 heteroatoms. The molecular formula is C19H21NO3. The number of piperidine rings is 1. The zero-order valence-electron chi connectivity index (χ0n) is 13.3. The van der Waals surface area contributed by atoms with Crippen molar-refractivity contribution in [3.63, 3.8) is 0 Å². The molecule has 2 heterocycles. The maximum absolute atomic E-state index is 12.9. The van der Waals surface area contributed by atoms with Crippen molar-refractivity contribution in [3.05, 3.63) is 48.4 Å². The van der Waals surface area contributed by atoms with Crippen LogP contribution in [0.3, 0.4) is 0 Å². The lowest BCUT2D eigenvalue weighted by Gasteiger charge is -2.34. The third-order valence-electron chi connectivity index (χ3n) is 4.45. The van der Waals surface area contributed by atoms with Gasteiger partial charge in [-0.05, 0) is 43.0 Å². The first kappa shape index (κ1) is 15.5. The van der Waals surface area contributed by atoms with Gasteiger partial charge in [-0.1, -0.05) is 19.1 Å². The smallest absolute Gasteiger partial charge is 0.254 e.